The zero-order valence-electron chi connectivity index (χ0n) is 19.0. The molecule has 33 heavy (non-hydrogen) atoms. The molecule has 0 N–H and O–H groups in total. The fraction of sp³-hybridized carbons (Fsp3) is 0.565. The number of epoxide rings is 2. The summed E-state index contributed by atoms with van der Waals surface area (Å²) in [7, 11) is 1.17. The van der Waals surface area contributed by atoms with E-state index in [2.05, 4.69) is 6.58 Å². The number of hydrogen-bond acceptors (Lipinski definition) is 10. The lowest BCUT2D eigenvalue weighted by Crippen LogP contribution is -2.49. The summed E-state index contributed by atoms with van der Waals surface area (Å²) in [6.45, 7) is 10.0. The fourth-order valence-electron chi connectivity index (χ4n) is 4.35. The zero-order valence-corrected chi connectivity index (χ0v) is 19.0. The molecule has 3 heterocycles. The third kappa shape index (κ3) is 3.87. The van der Waals surface area contributed by atoms with E-state index in [4.69, 9.17) is 28.4 Å². The smallest absolute Gasteiger partial charge is 0.341 e. The van der Waals surface area contributed by atoms with Gasteiger partial charge in [0.05, 0.1) is 24.7 Å². The molecule has 4 rings (SSSR count). The highest BCUT2D eigenvalue weighted by Crippen LogP contribution is 2.49. The highest BCUT2D eigenvalue weighted by atomic mass is 16.7. The van der Waals surface area contributed by atoms with Gasteiger partial charge in [-0.2, -0.15) is 0 Å². The number of rotatable bonds is 4. The average Bonchev–Trinajstić information content (AvgIpc) is 3.57. The van der Waals surface area contributed by atoms with E-state index in [9.17, 15) is 19.2 Å². The standard InChI is InChI=1S/C23H26O10/c1-10-14-16(31-21(27)23(5)11(2)32-23)15(29-12(3)24)13(20(26)28-6)8-7-9-22(4)18(33-22)17(14)30-19(10)25/h7-9,11,14-18H,1H2,2-6H3/b9-7?,13-8+/t11-,14+,15+,16-,17-,18+,22-,23-/m0/s1. The molecule has 0 bridgehead atoms. The fourth-order valence-corrected chi connectivity index (χ4v) is 4.35. The van der Waals surface area contributed by atoms with Gasteiger partial charge in [0.25, 0.3) is 0 Å². The lowest BCUT2D eigenvalue weighted by atomic mass is 9.81. The topological polar surface area (TPSA) is 130 Å². The Labute approximate surface area is 190 Å². The molecule has 0 amide bonds. The van der Waals surface area contributed by atoms with Crippen molar-refractivity contribution in [3.05, 3.63) is 36.0 Å². The van der Waals surface area contributed by atoms with Crippen LogP contribution < -0.4 is 0 Å². The van der Waals surface area contributed by atoms with Gasteiger partial charge in [0.1, 0.15) is 17.8 Å². The van der Waals surface area contributed by atoms with Crippen molar-refractivity contribution in [2.75, 3.05) is 7.11 Å². The van der Waals surface area contributed by atoms with Crippen molar-refractivity contribution in [3.8, 4) is 0 Å². The number of esters is 4. The van der Waals surface area contributed by atoms with Crippen LogP contribution in [0.5, 0.6) is 0 Å². The van der Waals surface area contributed by atoms with E-state index in [1.807, 2.05) is 0 Å². The van der Waals surface area contributed by atoms with Crippen LogP contribution in [0.2, 0.25) is 0 Å². The van der Waals surface area contributed by atoms with Gasteiger partial charge >= 0.3 is 23.9 Å². The lowest BCUT2D eigenvalue weighted by molar-refractivity contribution is -0.174. The molecule has 3 fully saturated rings. The van der Waals surface area contributed by atoms with Crippen LogP contribution in [-0.2, 0) is 47.6 Å². The van der Waals surface area contributed by atoms with Crippen LogP contribution in [0.4, 0.5) is 0 Å². The molecular formula is C23H26O10. The van der Waals surface area contributed by atoms with E-state index in [1.54, 1.807) is 32.9 Å². The molecular weight excluding hydrogens is 436 g/mol. The molecule has 3 aliphatic heterocycles. The predicted molar refractivity (Wildman–Crippen MR) is 109 cm³/mol. The Bertz CT molecular complexity index is 995. The monoisotopic (exact) mass is 462 g/mol. The van der Waals surface area contributed by atoms with Crippen molar-refractivity contribution in [2.24, 2.45) is 5.92 Å². The number of carbonyl (C=O) groups excluding carboxylic acids is 4. The molecule has 0 aromatic rings. The summed E-state index contributed by atoms with van der Waals surface area (Å²) in [5.74, 6) is -3.94. The molecule has 0 aromatic carbocycles. The van der Waals surface area contributed by atoms with Gasteiger partial charge < -0.3 is 28.4 Å². The van der Waals surface area contributed by atoms with Crippen LogP contribution in [0.1, 0.15) is 27.7 Å². The SMILES string of the molecule is C=C1C(=O)O[C@H]2[C@H]1[C@H](OC(=O)[C@@]1(C)O[C@H]1C)[C@H](OC(C)=O)/C(C(=O)OC)=C\C=C[C@]1(C)O[C@H]21. The third-order valence-electron chi connectivity index (χ3n) is 6.61. The average molecular weight is 462 g/mol. The Kier molecular flexibility index (Phi) is 5.49. The van der Waals surface area contributed by atoms with Gasteiger partial charge in [-0.15, -0.1) is 0 Å². The first-order valence-electron chi connectivity index (χ1n) is 10.5. The Balaban J connectivity index is 1.85. The Hall–Kier alpha value is -2.98. The Morgan fingerprint density at radius 1 is 1.15 bits per heavy atom. The van der Waals surface area contributed by atoms with Gasteiger partial charge in [-0.25, -0.2) is 14.4 Å². The van der Waals surface area contributed by atoms with Gasteiger partial charge in [-0.3, -0.25) is 4.79 Å². The quantitative estimate of drug-likeness (QED) is 0.257. The third-order valence-corrected chi connectivity index (χ3v) is 6.61. The molecule has 0 saturated carbocycles. The summed E-state index contributed by atoms with van der Waals surface area (Å²) in [4.78, 5) is 50.3. The first kappa shape index (κ1) is 23.2. The largest absolute Gasteiger partial charge is 0.466 e. The molecule has 178 valence electrons. The number of ether oxygens (including phenoxy) is 6. The minimum absolute atomic E-state index is 0.0106. The van der Waals surface area contributed by atoms with Crippen LogP contribution in [0.25, 0.3) is 0 Å². The Morgan fingerprint density at radius 3 is 2.39 bits per heavy atom. The second kappa shape index (κ2) is 7.81. The summed E-state index contributed by atoms with van der Waals surface area (Å²) >= 11 is 0. The van der Waals surface area contributed by atoms with Crippen molar-refractivity contribution < 1.29 is 47.6 Å². The van der Waals surface area contributed by atoms with E-state index >= 15 is 0 Å². The van der Waals surface area contributed by atoms with Crippen molar-refractivity contribution in [2.45, 2.75) is 69.4 Å². The zero-order chi connectivity index (χ0) is 24.3. The summed E-state index contributed by atoms with van der Waals surface area (Å²) < 4.78 is 32.9. The molecule has 0 radical (unpaired) electrons. The van der Waals surface area contributed by atoms with Gasteiger partial charge in [0.2, 0.25) is 0 Å². The molecule has 4 aliphatic rings. The number of methoxy groups -OCH3 is 1. The van der Waals surface area contributed by atoms with E-state index in [0.717, 1.165) is 6.92 Å². The molecule has 0 aromatic heterocycles. The number of hydrogen-bond donors (Lipinski definition) is 0. The highest BCUT2D eigenvalue weighted by Gasteiger charge is 2.65. The normalized spacial score (nSPS) is 42.6. The van der Waals surface area contributed by atoms with Gasteiger partial charge in [-0.05, 0) is 26.8 Å². The molecule has 0 unspecified atom stereocenters. The van der Waals surface area contributed by atoms with E-state index in [0.29, 0.717) is 0 Å². The van der Waals surface area contributed by atoms with E-state index < -0.39 is 71.5 Å². The number of carbonyl (C=O) groups is 4. The Morgan fingerprint density at radius 2 is 1.82 bits per heavy atom. The lowest BCUT2D eigenvalue weighted by Gasteiger charge is -2.33. The molecule has 0 spiro atoms. The van der Waals surface area contributed by atoms with Crippen LogP contribution in [0.3, 0.4) is 0 Å². The molecule has 1 aliphatic carbocycles. The van der Waals surface area contributed by atoms with E-state index in [1.165, 1.54) is 13.2 Å². The first-order valence-corrected chi connectivity index (χ1v) is 10.5. The second-order valence-corrected chi connectivity index (χ2v) is 8.88. The molecule has 3 saturated heterocycles. The summed E-state index contributed by atoms with van der Waals surface area (Å²) in [6.07, 6.45) is 0.0606. The maximum Gasteiger partial charge on any atom is 0.341 e. The second-order valence-electron chi connectivity index (χ2n) is 8.88. The molecule has 10 nitrogen and oxygen atoms in total. The van der Waals surface area contributed by atoms with Crippen molar-refractivity contribution in [1.82, 2.24) is 0 Å². The van der Waals surface area contributed by atoms with Crippen LogP contribution in [-0.4, -0.2) is 72.7 Å². The maximum atomic E-state index is 13.0. The highest BCUT2D eigenvalue weighted by molar-refractivity contribution is 5.93. The number of fused-ring (bicyclic) bond motifs is 3. The predicted octanol–water partition coefficient (Wildman–Crippen LogP) is 0.932. The minimum atomic E-state index is -1.41. The van der Waals surface area contributed by atoms with Crippen LogP contribution in [0, 0.1) is 5.92 Å². The summed E-state index contributed by atoms with van der Waals surface area (Å²) in [5.41, 5.74) is -2.08. The number of allylic oxidation sites excluding steroid dienone is 2. The molecule has 8 atom stereocenters. The van der Waals surface area contributed by atoms with Gasteiger partial charge in [0, 0.05) is 12.5 Å². The maximum absolute atomic E-state index is 13.0. The van der Waals surface area contributed by atoms with E-state index in [-0.39, 0.29) is 11.1 Å². The first-order chi connectivity index (χ1) is 15.4. The molecule has 10 heteroatoms. The summed E-state index contributed by atoms with van der Waals surface area (Å²) in [6, 6.07) is 0. The van der Waals surface area contributed by atoms with Crippen LogP contribution in [0.15, 0.2) is 36.0 Å². The van der Waals surface area contributed by atoms with Crippen LogP contribution >= 0.6 is 0 Å². The minimum Gasteiger partial charge on any atom is -0.466 e. The van der Waals surface area contributed by atoms with Crippen molar-refractivity contribution in [1.29, 1.82) is 0 Å². The van der Waals surface area contributed by atoms with Gasteiger partial charge in [0.15, 0.2) is 17.8 Å². The van der Waals surface area contributed by atoms with Crippen molar-refractivity contribution >= 4 is 23.9 Å². The van der Waals surface area contributed by atoms with Crippen molar-refractivity contribution in [3.63, 3.8) is 0 Å². The van der Waals surface area contributed by atoms with Gasteiger partial charge in [-0.1, -0.05) is 18.7 Å². The summed E-state index contributed by atoms with van der Waals surface area (Å²) in [5, 5.41) is 0.